The number of piperazine rings is 1. The van der Waals surface area contributed by atoms with Crippen LogP contribution in [0.4, 0.5) is 0 Å². The molecule has 0 radical (unpaired) electrons. The molecule has 170 valence electrons. The number of carbonyl (C=O) groups is 2. The lowest BCUT2D eigenvalue weighted by Gasteiger charge is -2.36. The molecule has 1 aliphatic heterocycles. The van der Waals surface area contributed by atoms with E-state index in [2.05, 4.69) is 47.7 Å². The quantitative estimate of drug-likeness (QED) is 0.354. The number of ketones is 1. The van der Waals surface area contributed by atoms with E-state index in [0.29, 0.717) is 48.5 Å². The number of nitrogens with one attached hydrogen (secondary N) is 1. The van der Waals surface area contributed by atoms with Gasteiger partial charge < -0.3 is 14.8 Å². The zero-order chi connectivity index (χ0) is 23.7. The summed E-state index contributed by atoms with van der Waals surface area (Å²) < 4.78 is 0. The summed E-state index contributed by atoms with van der Waals surface area (Å²) in [7, 11) is 0. The van der Waals surface area contributed by atoms with Gasteiger partial charge in [-0.3, -0.25) is 14.6 Å². The highest BCUT2D eigenvalue weighted by molar-refractivity contribution is 6.16. The topological polar surface area (TPSA) is 69.3 Å². The first-order valence-electron chi connectivity index (χ1n) is 11.4. The van der Waals surface area contributed by atoms with Crippen molar-refractivity contribution in [1.29, 1.82) is 0 Å². The van der Waals surface area contributed by atoms with Crippen molar-refractivity contribution in [2.24, 2.45) is 0 Å². The number of amides is 1. The predicted octanol–water partition coefficient (Wildman–Crippen LogP) is 4.69. The molecule has 0 unspecified atom stereocenters. The van der Waals surface area contributed by atoms with Gasteiger partial charge in [-0.15, -0.1) is 0 Å². The molecule has 34 heavy (non-hydrogen) atoms. The number of hydrogen-bond donors (Lipinski definition) is 1. The van der Waals surface area contributed by atoms with Gasteiger partial charge in [-0.05, 0) is 30.7 Å². The third kappa shape index (κ3) is 3.99. The van der Waals surface area contributed by atoms with Crippen molar-refractivity contribution in [2.75, 3.05) is 26.2 Å². The molecular weight excluding hydrogens is 424 g/mol. The molecule has 5 rings (SSSR count). The highest BCUT2D eigenvalue weighted by Gasteiger charge is 2.27. The van der Waals surface area contributed by atoms with Gasteiger partial charge in [0, 0.05) is 49.7 Å². The maximum absolute atomic E-state index is 13.4. The predicted molar refractivity (Wildman–Crippen MR) is 134 cm³/mol. The van der Waals surface area contributed by atoms with E-state index in [1.165, 1.54) is 5.56 Å². The monoisotopic (exact) mass is 450 g/mol. The Morgan fingerprint density at radius 2 is 1.59 bits per heavy atom. The number of Topliss-reactive ketones (excluding diaryl/α,β-unsaturated/α-hetero) is 1. The van der Waals surface area contributed by atoms with Crippen LogP contribution in [0.3, 0.4) is 0 Å². The van der Waals surface area contributed by atoms with Gasteiger partial charge in [-0.2, -0.15) is 0 Å². The maximum Gasteiger partial charge on any atom is 0.253 e. The molecular formula is C28H26N4O2. The minimum absolute atomic E-state index is 0.0154. The van der Waals surface area contributed by atoms with E-state index in [1.54, 1.807) is 12.4 Å². The van der Waals surface area contributed by atoms with E-state index in [9.17, 15) is 9.59 Å². The average molecular weight is 451 g/mol. The second-order valence-corrected chi connectivity index (χ2v) is 8.57. The van der Waals surface area contributed by atoms with Crippen LogP contribution in [-0.4, -0.2) is 57.6 Å². The van der Waals surface area contributed by atoms with Crippen molar-refractivity contribution in [3.05, 3.63) is 102 Å². The van der Waals surface area contributed by atoms with E-state index in [4.69, 9.17) is 0 Å². The molecule has 1 aliphatic rings. The van der Waals surface area contributed by atoms with Gasteiger partial charge in [0.25, 0.3) is 5.91 Å². The van der Waals surface area contributed by atoms with Gasteiger partial charge in [0.05, 0.1) is 22.3 Å². The Kier molecular flexibility index (Phi) is 5.72. The summed E-state index contributed by atoms with van der Waals surface area (Å²) in [5.41, 5.74) is 6.35. The van der Waals surface area contributed by atoms with Gasteiger partial charge in [0.2, 0.25) is 5.78 Å². The van der Waals surface area contributed by atoms with Crippen molar-refractivity contribution >= 4 is 22.7 Å². The van der Waals surface area contributed by atoms with Crippen molar-refractivity contribution in [1.82, 2.24) is 19.8 Å². The minimum atomic E-state index is -0.150. The molecule has 1 amide bonds. The molecule has 4 aromatic rings. The number of fused-ring (bicyclic) bond motifs is 1. The molecule has 0 saturated carbocycles. The zero-order valence-corrected chi connectivity index (χ0v) is 19.1. The molecule has 0 atom stereocenters. The molecule has 6 nitrogen and oxygen atoms in total. The highest BCUT2D eigenvalue weighted by atomic mass is 16.2. The van der Waals surface area contributed by atoms with Crippen molar-refractivity contribution < 1.29 is 9.59 Å². The molecule has 3 heterocycles. The standard InChI is InChI=1S/C28H26N4O2/c1-19-8-10-21(11-9-19)23-12-13-29-26-24(18-30-25(23)26)27(33)20(2)31-14-16-32(17-15-31)28(34)22-6-4-3-5-7-22/h3-13,18,30H,2,14-17H2,1H3. The summed E-state index contributed by atoms with van der Waals surface area (Å²) in [4.78, 5) is 37.6. The zero-order valence-electron chi connectivity index (χ0n) is 19.1. The van der Waals surface area contributed by atoms with Crippen LogP contribution in [0.15, 0.2) is 85.3 Å². The molecule has 0 bridgehead atoms. The van der Waals surface area contributed by atoms with E-state index in [1.807, 2.05) is 46.2 Å². The highest BCUT2D eigenvalue weighted by Crippen LogP contribution is 2.30. The Balaban J connectivity index is 1.32. The van der Waals surface area contributed by atoms with Gasteiger partial charge in [0.15, 0.2) is 0 Å². The van der Waals surface area contributed by atoms with Crippen LogP contribution in [0.25, 0.3) is 22.2 Å². The van der Waals surface area contributed by atoms with Crippen molar-refractivity contribution in [3.63, 3.8) is 0 Å². The fraction of sp³-hybridized carbons (Fsp3) is 0.179. The minimum Gasteiger partial charge on any atom is -0.365 e. The van der Waals surface area contributed by atoms with Crippen LogP contribution < -0.4 is 0 Å². The molecule has 2 aromatic heterocycles. The Bertz CT molecular complexity index is 1360. The third-order valence-electron chi connectivity index (χ3n) is 6.41. The first-order valence-corrected chi connectivity index (χ1v) is 11.4. The second kappa shape index (κ2) is 8.98. The molecule has 6 heteroatoms. The number of hydrogen-bond acceptors (Lipinski definition) is 4. The van der Waals surface area contributed by atoms with E-state index >= 15 is 0 Å². The number of carbonyl (C=O) groups excluding carboxylic acids is 2. The number of allylic oxidation sites excluding steroid dienone is 1. The molecule has 0 aliphatic carbocycles. The summed E-state index contributed by atoms with van der Waals surface area (Å²) in [6, 6.07) is 19.5. The molecule has 1 saturated heterocycles. The summed E-state index contributed by atoms with van der Waals surface area (Å²) in [5.74, 6) is -0.135. The van der Waals surface area contributed by atoms with E-state index in [-0.39, 0.29) is 11.7 Å². The number of aryl methyl sites for hydroxylation is 1. The Labute approximate surface area is 198 Å². The van der Waals surface area contributed by atoms with Gasteiger partial charge in [0.1, 0.15) is 0 Å². The first-order chi connectivity index (χ1) is 16.5. The number of pyridine rings is 1. The van der Waals surface area contributed by atoms with Gasteiger partial charge in [-0.1, -0.05) is 54.6 Å². The van der Waals surface area contributed by atoms with E-state index in [0.717, 1.165) is 16.6 Å². The van der Waals surface area contributed by atoms with Gasteiger partial charge in [-0.25, -0.2) is 0 Å². The van der Waals surface area contributed by atoms with Crippen LogP contribution in [0.2, 0.25) is 0 Å². The SMILES string of the molecule is C=C(C(=O)c1c[nH]c2c(-c3ccc(C)cc3)ccnc12)N1CCN(C(=O)c2ccccc2)CC1. The van der Waals surface area contributed by atoms with Gasteiger partial charge >= 0.3 is 0 Å². The molecule has 0 spiro atoms. The maximum atomic E-state index is 13.4. The lowest BCUT2D eigenvalue weighted by molar-refractivity contribution is 0.0662. The number of H-pyrrole nitrogens is 1. The number of nitrogens with zero attached hydrogens (tertiary/aromatic N) is 3. The third-order valence-corrected chi connectivity index (χ3v) is 6.41. The summed E-state index contributed by atoms with van der Waals surface area (Å²) in [6.07, 6.45) is 3.46. The number of benzene rings is 2. The summed E-state index contributed by atoms with van der Waals surface area (Å²) >= 11 is 0. The van der Waals surface area contributed by atoms with Crippen LogP contribution >= 0.6 is 0 Å². The summed E-state index contributed by atoms with van der Waals surface area (Å²) in [6.45, 7) is 8.36. The normalized spacial score (nSPS) is 13.8. The molecule has 2 aromatic carbocycles. The Hall–Kier alpha value is -4.19. The smallest absolute Gasteiger partial charge is 0.253 e. The number of rotatable bonds is 5. The van der Waals surface area contributed by atoms with Crippen LogP contribution in [0, 0.1) is 6.92 Å². The lowest BCUT2D eigenvalue weighted by atomic mass is 10.0. The van der Waals surface area contributed by atoms with Crippen LogP contribution in [0.1, 0.15) is 26.3 Å². The largest absolute Gasteiger partial charge is 0.365 e. The van der Waals surface area contributed by atoms with Crippen molar-refractivity contribution in [2.45, 2.75) is 6.92 Å². The van der Waals surface area contributed by atoms with E-state index < -0.39 is 0 Å². The lowest BCUT2D eigenvalue weighted by Crippen LogP contribution is -2.48. The number of aromatic amines is 1. The second-order valence-electron chi connectivity index (χ2n) is 8.57. The van der Waals surface area contributed by atoms with Crippen molar-refractivity contribution in [3.8, 4) is 11.1 Å². The van der Waals surface area contributed by atoms with Crippen LogP contribution in [0.5, 0.6) is 0 Å². The molecule has 1 N–H and O–H groups in total. The molecule has 1 fully saturated rings. The first kappa shape index (κ1) is 21.6. The Morgan fingerprint density at radius 3 is 2.29 bits per heavy atom. The fourth-order valence-electron chi connectivity index (χ4n) is 4.41. The Morgan fingerprint density at radius 1 is 0.912 bits per heavy atom. The summed E-state index contributed by atoms with van der Waals surface area (Å²) in [5, 5.41) is 0. The number of aromatic nitrogens is 2. The average Bonchev–Trinajstić information content (AvgIpc) is 3.33. The fourth-order valence-corrected chi connectivity index (χ4v) is 4.41. The van der Waals surface area contributed by atoms with Crippen LogP contribution in [-0.2, 0) is 0 Å².